The maximum absolute atomic E-state index is 13.0. The minimum atomic E-state index is -0.651. The van der Waals surface area contributed by atoms with Crippen molar-refractivity contribution in [3.63, 3.8) is 0 Å². The smallest absolute Gasteiger partial charge is 0.307 e. The van der Waals surface area contributed by atoms with Crippen LogP contribution < -0.4 is 9.64 Å². The van der Waals surface area contributed by atoms with Crippen molar-refractivity contribution in [3.8, 4) is 17.0 Å². The van der Waals surface area contributed by atoms with Crippen molar-refractivity contribution in [1.29, 1.82) is 0 Å². The molecule has 1 saturated carbocycles. The van der Waals surface area contributed by atoms with Crippen molar-refractivity contribution < 1.29 is 24.2 Å². The molecule has 1 aliphatic carbocycles. The number of carboxylic acid groups (broad SMARTS) is 1. The summed E-state index contributed by atoms with van der Waals surface area (Å²) < 4.78 is 12.1. The molecule has 3 heterocycles. The zero-order chi connectivity index (χ0) is 29.4. The standard InChI is InChI=1S/C33H39N3O5S/c1-20-6-11-29(41-18-25-10-7-22(14-21(25)2)31(37)35(3)17-26-5-4-12-40-26)27(13-20)28-19-42-33(34-28)36-15-23-8-9-24(16-36)30(23)32(38)39/h6-7,10-11,13-14,19,23-24,26,30H,4-5,8-9,12,15-18H2,1-3H3,(H,38,39). The zero-order valence-corrected chi connectivity index (χ0v) is 25.4. The molecule has 0 spiro atoms. The van der Waals surface area contributed by atoms with E-state index < -0.39 is 5.97 Å². The number of carbonyl (C=O) groups is 2. The molecule has 6 rings (SSSR count). The van der Waals surface area contributed by atoms with Crippen LogP contribution in [0.2, 0.25) is 0 Å². The van der Waals surface area contributed by atoms with Crippen LogP contribution in [0, 0.1) is 31.6 Å². The summed E-state index contributed by atoms with van der Waals surface area (Å²) in [5, 5.41) is 12.7. The number of thiazole rings is 1. The Balaban J connectivity index is 1.13. The van der Waals surface area contributed by atoms with E-state index >= 15 is 0 Å². The summed E-state index contributed by atoms with van der Waals surface area (Å²) >= 11 is 1.61. The Hall–Kier alpha value is -3.43. The van der Waals surface area contributed by atoms with E-state index in [2.05, 4.69) is 23.3 Å². The third-order valence-corrected chi connectivity index (χ3v) is 10.0. The molecular weight excluding hydrogens is 550 g/mol. The van der Waals surface area contributed by atoms with Crippen LogP contribution in [0.4, 0.5) is 5.13 Å². The molecule has 2 aromatic carbocycles. The monoisotopic (exact) mass is 589 g/mol. The average Bonchev–Trinajstić information content (AvgIpc) is 3.72. The van der Waals surface area contributed by atoms with Gasteiger partial charge in [0.25, 0.3) is 5.91 Å². The van der Waals surface area contributed by atoms with E-state index in [1.54, 1.807) is 16.2 Å². The van der Waals surface area contributed by atoms with Gasteiger partial charge >= 0.3 is 5.97 Å². The molecule has 3 atom stereocenters. The van der Waals surface area contributed by atoms with Gasteiger partial charge in [0, 0.05) is 49.8 Å². The molecule has 3 aliphatic rings. The van der Waals surface area contributed by atoms with Crippen LogP contribution in [0.5, 0.6) is 5.75 Å². The Morgan fingerprint density at radius 2 is 1.90 bits per heavy atom. The van der Waals surface area contributed by atoms with Crippen molar-refractivity contribution in [2.24, 2.45) is 17.8 Å². The van der Waals surface area contributed by atoms with E-state index in [0.29, 0.717) is 18.7 Å². The summed E-state index contributed by atoms with van der Waals surface area (Å²) in [4.78, 5) is 33.8. The third-order valence-electron chi connectivity index (χ3n) is 9.11. The quantitative estimate of drug-likeness (QED) is 0.337. The largest absolute Gasteiger partial charge is 0.488 e. The fraction of sp³-hybridized carbons (Fsp3) is 0.485. The summed E-state index contributed by atoms with van der Waals surface area (Å²) in [6.07, 6.45) is 4.15. The van der Waals surface area contributed by atoms with Crippen LogP contribution in [-0.2, 0) is 16.1 Å². The van der Waals surface area contributed by atoms with Gasteiger partial charge in [0.2, 0.25) is 0 Å². The Morgan fingerprint density at radius 3 is 2.60 bits per heavy atom. The van der Waals surface area contributed by atoms with Gasteiger partial charge in [-0.05, 0) is 86.8 Å². The molecule has 8 nitrogen and oxygen atoms in total. The number of aryl methyl sites for hydroxylation is 2. The number of carboxylic acids is 1. The van der Waals surface area contributed by atoms with Crippen LogP contribution in [-0.4, -0.2) is 66.3 Å². The number of benzene rings is 2. The topological polar surface area (TPSA) is 92.2 Å². The van der Waals surface area contributed by atoms with Gasteiger partial charge < -0.3 is 24.4 Å². The molecule has 42 heavy (non-hydrogen) atoms. The lowest BCUT2D eigenvalue weighted by molar-refractivity contribution is -0.144. The molecule has 222 valence electrons. The molecule has 0 radical (unpaired) electrons. The van der Waals surface area contributed by atoms with Crippen LogP contribution in [0.3, 0.4) is 0 Å². The zero-order valence-electron chi connectivity index (χ0n) is 24.5. The van der Waals surface area contributed by atoms with Crippen LogP contribution in [0.25, 0.3) is 11.3 Å². The minimum Gasteiger partial charge on any atom is -0.488 e. The first-order valence-corrected chi connectivity index (χ1v) is 15.8. The number of carbonyl (C=O) groups excluding carboxylic acids is 1. The Morgan fingerprint density at radius 1 is 1.12 bits per heavy atom. The lowest BCUT2D eigenvalue weighted by atomic mass is 9.85. The van der Waals surface area contributed by atoms with E-state index in [9.17, 15) is 14.7 Å². The molecule has 3 aromatic rings. The van der Waals surface area contributed by atoms with Crippen molar-refractivity contribution in [1.82, 2.24) is 9.88 Å². The number of ether oxygens (including phenoxy) is 2. The van der Waals surface area contributed by atoms with Gasteiger partial charge in [-0.1, -0.05) is 17.7 Å². The minimum absolute atomic E-state index is 0.00131. The number of amides is 1. The summed E-state index contributed by atoms with van der Waals surface area (Å²) in [5.74, 6) is 0.276. The average molecular weight is 590 g/mol. The third kappa shape index (κ3) is 5.90. The molecule has 3 unspecified atom stereocenters. The predicted octanol–water partition coefficient (Wildman–Crippen LogP) is 5.80. The Bertz CT molecular complexity index is 1450. The van der Waals surface area contributed by atoms with Crippen molar-refractivity contribution in [2.45, 2.75) is 52.2 Å². The Labute approximate surface area is 251 Å². The number of rotatable bonds is 9. The van der Waals surface area contributed by atoms with Gasteiger partial charge in [-0.25, -0.2) is 4.98 Å². The van der Waals surface area contributed by atoms with Gasteiger partial charge in [-0.2, -0.15) is 0 Å². The number of nitrogens with zero attached hydrogens (tertiary/aromatic N) is 3. The normalized spacial score (nSPS) is 23.3. The molecular formula is C33H39N3O5S. The number of aliphatic carboxylic acids is 1. The predicted molar refractivity (Wildman–Crippen MR) is 163 cm³/mol. The summed E-state index contributed by atoms with van der Waals surface area (Å²) in [5.41, 5.74) is 5.64. The van der Waals surface area contributed by atoms with Crippen LogP contribution in [0.1, 0.15) is 52.7 Å². The van der Waals surface area contributed by atoms with E-state index in [-0.39, 0.29) is 29.8 Å². The first kappa shape index (κ1) is 28.7. The highest BCUT2D eigenvalue weighted by molar-refractivity contribution is 7.14. The fourth-order valence-electron chi connectivity index (χ4n) is 6.83. The van der Waals surface area contributed by atoms with Gasteiger partial charge in [-0.3, -0.25) is 9.59 Å². The molecule has 2 bridgehead atoms. The SMILES string of the molecule is Cc1ccc(OCc2ccc(C(=O)N(C)CC3CCCO3)cc2C)c(-c2csc(N3CC4CCC(C3)C4C(=O)O)n2)c1. The van der Waals surface area contributed by atoms with Crippen molar-refractivity contribution >= 4 is 28.3 Å². The summed E-state index contributed by atoms with van der Waals surface area (Å²) in [6.45, 7) is 7.34. The van der Waals surface area contributed by atoms with E-state index in [1.165, 1.54) is 0 Å². The molecule has 1 aromatic heterocycles. The molecule has 3 fully saturated rings. The van der Waals surface area contributed by atoms with Crippen molar-refractivity contribution in [2.75, 3.05) is 38.2 Å². The maximum atomic E-state index is 13.0. The Kier molecular flexibility index (Phi) is 8.23. The molecule has 2 saturated heterocycles. The van der Waals surface area contributed by atoms with Gasteiger partial charge in [-0.15, -0.1) is 11.3 Å². The van der Waals surface area contributed by atoms with Gasteiger partial charge in [0.1, 0.15) is 12.4 Å². The second-order valence-electron chi connectivity index (χ2n) is 12.1. The number of likely N-dealkylation sites (N-methyl/N-ethyl adjacent to an activating group) is 1. The highest BCUT2D eigenvalue weighted by Gasteiger charge is 2.46. The number of anilines is 1. The number of aromatic nitrogens is 1. The first-order chi connectivity index (χ1) is 20.3. The highest BCUT2D eigenvalue weighted by atomic mass is 32.1. The number of fused-ring (bicyclic) bond motifs is 2. The van der Waals surface area contributed by atoms with Crippen LogP contribution in [0.15, 0.2) is 41.8 Å². The maximum Gasteiger partial charge on any atom is 0.307 e. The van der Waals surface area contributed by atoms with E-state index in [1.807, 2.05) is 44.3 Å². The number of hydrogen-bond donors (Lipinski definition) is 1. The van der Waals surface area contributed by atoms with Crippen molar-refractivity contribution in [3.05, 3.63) is 64.0 Å². The van der Waals surface area contributed by atoms with Gasteiger partial charge in [0.15, 0.2) is 5.13 Å². The van der Waals surface area contributed by atoms with E-state index in [4.69, 9.17) is 14.5 Å². The molecule has 1 amide bonds. The number of piperidine rings is 1. The molecule has 2 aliphatic heterocycles. The lowest BCUT2D eigenvalue weighted by Crippen LogP contribution is -2.44. The lowest BCUT2D eigenvalue weighted by Gasteiger charge is -2.35. The number of hydrogen-bond acceptors (Lipinski definition) is 7. The summed E-state index contributed by atoms with van der Waals surface area (Å²) in [6, 6.07) is 11.9. The van der Waals surface area contributed by atoms with Gasteiger partial charge in [0.05, 0.1) is 17.7 Å². The highest BCUT2D eigenvalue weighted by Crippen LogP contribution is 2.44. The fourth-order valence-corrected chi connectivity index (χ4v) is 7.67. The van der Waals surface area contributed by atoms with E-state index in [0.717, 1.165) is 84.2 Å². The second kappa shape index (κ2) is 12.1. The summed E-state index contributed by atoms with van der Waals surface area (Å²) in [7, 11) is 1.83. The molecule has 1 N–H and O–H groups in total. The van der Waals surface area contributed by atoms with Crippen LogP contribution >= 0.6 is 11.3 Å². The first-order valence-electron chi connectivity index (χ1n) is 14.9. The second-order valence-corrected chi connectivity index (χ2v) is 13.0. The molecule has 9 heteroatoms.